The molecule has 0 bridgehead atoms. The molecule has 4 nitrogen and oxygen atoms in total. The molecule has 2 fully saturated rings. The van der Waals surface area contributed by atoms with Gasteiger partial charge in [-0.3, -0.25) is 4.79 Å². The van der Waals surface area contributed by atoms with Gasteiger partial charge >= 0.3 is 0 Å². The number of halogens is 1. The third kappa shape index (κ3) is 2.67. The summed E-state index contributed by atoms with van der Waals surface area (Å²) in [6, 6.07) is 0.566. The van der Waals surface area contributed by atoms with E-state index in [1.165, 1.54) is 0 Å². The van der Waals surface area contributed by atoms with Crippen LogP contribution < -0.4 is 5.32 Å². The summed E-state index contributed by atoms with van der Waals surface area (Å²) in [7, 11) is 0. The summed E-state index contributed by atoms with van der Waals surface area (Å²) in [6.07, 6.45) is 1.74. The number of hydrogen-bond donors (Lipinski definition) is 1. The van der Waals surface area contributed by atoms with Gasteiger partial charge in [-0.15, -0.1) is 12.4 Å². The fraction of sp³-hybridized carbons (Fsp3) is 0.909. The van der Waals surface area contributed by atoms with Gasteiger partial charge < -0.3 is 15.0 Å². The van der Waals surface area contributed by atoms with Gasteiger partial charge in [0.1, 0.15) is 6.10 Å². The van der Waals surface area contributed by atoms with Crippen LogP contribution in [-0.2, 0) is 9.53 Å². The van der Waals surface area contributed by atoms with Crippen LogP contribution in [-0.4, -0.2) is 48.7 Å². The summed E-state index contributed by atoms with van der Waals surface area (Å²) in [4.78, 5) is 14.2. The maximum atomic E-state index is 12.2. The Morgan fingerprint density at radius 3 is 2.44 bits per heavy atom. The lowest BCUT2D eigenvalue weighted by Crippen LogP contribution is -2.59. The van der Waals surface area contributed by atoms with E-state index in [1.807, 2.05) is 4.90 Å². The van der Waals surface area contributed by atoms with Crippen LogP contribution in [0.1, 0.15) is 26.7 Å². The van der Waals surface area contributed by atoms with Gasteiger partial charge in [0, 0.05) is 31.8 Å². The molecule has 1 N–H and O–H groups in total. The lowest BCUT2D eigenvalue weighted by Gasteiger charge is -2.40. The Bertz CT molecular complexity index is 234. The molecule has 2 aliphatic heterocycles. The molecule has 0 aromatic carbocycles. The molecule has 1 amide bonds. The maximum Gasteiger partial charge on any atom is 0.252 e. The molecular weight excluding hydrogens is 228 g/mol. The largest absolute Gasteiger partial charge is 0.368 e. The predicted molar refractivity (Wildman–Crippen MR) is 64.9 cm³/mol. The summed E-state index contributed by atoms with van der Waals surface area (Å²) in [5.74, 6) is 0.189. The summed E-state index contributed by atoms with van der Waals surface area (Å²) in [5, 5.41) is 3.32. The van der Waals surface area contributed by atoms with Crippen LogP contribution in [0.25, 0.3) is 0 Å². The lowest BCUT2D eigenvalue weighted by molar-refractivity contribution is -0.146. The summed E-state index contributed by atoms with van der Waals surface area (Å²) in [5.41, 5.74) is 0. The quantitative estimate of drug-likeness (QED) is 0.746. The van der Waals surface area contributed by atoms with Crippen molar-refractivity contribution in [2.24, 2.45) is 0 Å². The van der Waals surface area contributed by atoms with Gasteiger partial charge in [-0.05, 0) is 26.7 Å². The highest BCUT2D eigenvalue weighted by molar-refractivity contribution is 5.85. The van der Waals surface area contributed by atoms with Crippen molar-refractivity contribution in [3.63, 3.8) is 0 Å². The van der Waals surface area contributed by atoms with E-state index < -0.39 is 0 Å². The van der Waals surface area contributed by atoms with Crippen molar-refractivity contribution in [2.45, 2.75) is 44.9 Å². The first-order valence-corrected chi connectivity index (χ1v) is 5.84. The summed E-state index contributed by atoms with van der Waals surface area (Å²) < 4.78 is 5.45. The molecule has 0 aromatic rings. The van der Waals surface area contributed by atoms with Crippen molar-refractivity contribution < 1.29 is 9.53 Å². The summed E-state index contributed by atoms with van der Waals surface area (Å²) in [6.45, 7) is 6.71. The Labute approximate surface area is 103 Å². The van der Waals surface area contributed by atoms with Crippen LogP contribution in [0.3, 0.4) is 0 Å². The standard InChI is InChI=1S/C11H20N2O2.ClH/c1-8-6-12-7-9(2)13(8)11(14)10-4-3-5-15-10;/h8-10,12H,3-7H2,1-2H3;1H/t8-,9+,10?;. The normalized spacial score (nSPS) is 34.6. The smallest absolute Gasteiger partial charge is 0.252 e. The maximum absolute atomic E-state index is 12.2. The molecule has 2 aliphatic rings. The molecule has 94 valence electrons. The average Bonchev–Trinajstić information content (AvgIpc) is 2.69. The van der Waals surface area contributed by atoms with Gasteiger partial charge in [0.2, 0.25) is 0 Å². The van der Waals surface area contributed by atoms with E-state index in [-0.39, 0.29) is 36.5 Å². The Hall–Kier alpha value is -0.320. The second kappa shape index (κ2) is 5.84. The predicted octanol–water partition coefficient (Wildman–Crippen LogP) is 0.796. The van der Waals surface area contributed by atoms with Gasteiger partial charge in [-0.25, -0.2) is 0 Å². The topological polar surface area (TPSA) is 41.6 Å². The molecule has 5 heteroatoms. The third-order valence-electron chi connectivity index (χ3n) is 3.29. The first-order chi connectivity index (χ1) is 7.20. The highest BCUT2D eigenvalue weighted by Gasteiger charge is 2.35. The van der Waals surface area contributed by atoms with Crippen molar-refractivity contribution >= 4 is 18.3 Å². The number of piperazine rings is 1. The van der Waals surface area contributed by atoms with E-state index in [0.29, 0.717) is 0 Å². The minimum atomic E-state index is -0.173. The molecule has 0 aromatic heterocycles. The minimum absolute atomic E-state index is 0. The molecule has 0 spiro atoms. The highest BCUT2D eigenvalue weighted by atomic mass is 35.5. The number of hydrogen-bond acceptors (Lipinski definition) is 3. The molecule has 2 saturated heterocycles. The molecule has 0 saturated carbocycles. The number of carbonyl (C=O) groups excluding carboxylic acids is 1. The third-order valence-corrected chi connectivity index (χ3v) is 3.29. The molecule has 0 aliphatic carbocycles. The van der Waals surface area contributed by atoms with Crippen LogP contribution >= 0.6 is 12.4 Å². The van der Waals surface area contributed by atoms with Crippen LogP contribution in [0.4, 0.5) is 0 Å². The number of nitrogens with one attached hydrogen (secondary N) is 1. The van der Waals surface area contributed by atoms with Crippen molar-refractivity contribution in [1.82, 2.24) is 10.2 Å². The SMILES string of the molecule is C[C@@H]1CNC[C@H](C)N1C(=O)C1CCCO1.Cl. The first-order valence-electron chi connectivity index (χ1n) is 5.84. The Morgan fingerprint density at radius 2 is 1.94 bits per heavy atom. The minimum Gasteiger partial charge on any atom is -0.368 e. The van der Waals surface area contributed by atoms with Crippen LogP contribution in [0, 0.1) is 0 Å². The fourth-order valence-electron chi connectivity index (χ4n) is 2.51. The highest BCUT2D eigenvalue weighted by Crippen LogP contribution is 2.19. The van der Waals surface area contributed by atoms with Gasteiger partial charge in [0.15, 0.2) is 0 Å². The number of rotatable bonds is 1. The van der Waals surface area contributed by atoms with E-state index in [9.17, 15) is 4.79 Å². The van der Waals surface area contributed by atoms with Gasteiger partial charge in [-0.2, -0.15) is 0 Å². The molecular formula is C11H21ClN2O2. The van der Waals surface area contributed by atoms with E-state index >= 15 is 0 Å². The molecule has 16 heavy (non-hydrogen) atoms. The zero-order valence-corrected chi connectivity index (χ0v) is 10.8. The summed E-state index contributed by atoms with van der Waals surface area (Å²) >= 11 is 0. The van der Waals surface area contributed by atoms with Crippen molar-refractivity contribution in [3.8, 4) is 0 Å². The van der Waals surface area contributed by atoms with Crippen molar-refractivity contribution in [2.75, 3.05) is 19.7 Å². The molecule has 1 unspecified atom stereocenters. The molecule has 3 atom stereocenters. The number of ether oxygens (including phenoxy) is 1. The Morgan fingerprint density at radius 1 is 1.31 bits per heavy atom. The van der Waals surface area contributed by atoms with E-state index in [0.717, 1.165) is 32.5 Å². The van der Waals surface area contributed by atoms with Crippen LogP contribution in [0.2, 0.25) is 0 Å². The first kappa shape index (κ1) is 13.7. The van der Waals surface area contributed by atoms with Crippen molar-refractivity contribution in [3.05, 3.63) is 0 Å². The monoisotopic (exact) mass is 248 g/mol. The molecule has 0 radical (unpaired) electrons. The molecule has 2 heterocycles. The second-order valence-corrected chi connectivity index (χ2v) is 4.60. The van der Waals surface area contributed by atoms with Gasteiger partial charge in [-0.1, -0.05) is 0 Å². The van der Waals surface area contributed by atoms with E-state index in [1.54, 1.807) is 0 Å². The fourth-order valence-corrected chi connectivity index (χ4v) is 2.51. The zero-order chi connectivity index (χ0) is 10.8. The van der Waals surface area contributed by atoms with Crippen LogP contribution in [0.15, 0.2) is 0 Å². The number of amides is 1. The zero-order valence-electron chi connectivity index (χ0n) is 9.94. The van der Waals surface area contributed by atoms with E-state index in [4.69, 9.17) is 4.74 Å². The number of nitrogens with zero attached hydrogens (tertiary/aromatic N) is 1. The Balaban J connectivity index is 0.00000128. The second-order valence-electron chi connectivity index (χ2n) is 4.60. The number of carbonyl (C=O) groups is 1. The van der Waals surface area contributed by atoms with E-state index in [2.05, 4.69) is 19.2 Å². The Kier molecular flexibility index (Phi) is 5.02. The van der Waals surface area contributed by atoms with Crippen LogP contribution in [0.5, 0.6) is 0 Å². The van der Waals surface area contributed by atoms with Crippen molar-refractivity contribution in [1.29, 1.82) is 0 Å². The molecule has 2 rings (SSSR count). The van der Waals surface area contributed by atoms with Gasteiger partial charge in [0.25, 0.3) is 5.91 Å². The lowest BCUT2D eigenvalue weighted by atomic mass is 10.1. The van der Waals surface area contributed by atoms with Gasteiger partial charge in [0.05, 0.1) is 0 Å². The average molecular weight is 249 g/mol.